The van der Waals surface area contributed by atoms with Crippen molar-refractivity contribution < 1.29 is 17.9 Å². The lowest BCUT2D eigenvalue weighted by atomic mass is 10.0. The largest absolute Gasteiger partial charge is 0.494 e. The molecule has 4 nitrogen and oxygen atoms in total. The van der Waals surface area contributed by atoms with Crippen molar-refractivity contribution in [2.45, 2.75) is 25.4 Å². The Balaban J connectivity index is 1.24. The fourth-order valence-electron chi connectivity index (χ4n) is 4.70. The lowest BCUT2D eigenvalue weighted by molar-refractivity contribution is -0.144. The number of aromatic amines is 1. The molecule has 4 rings (SSSR count). The second-order valence-corrected chi connectivity index (χ2v) is 7.76. The molecule has 142 valence electrons. The number of alkyl halides is 3. The maximum absolute atomic E-state index is 12.5. The maximum Gasteiger partial charge on any atom is 0.401 e. The summed E-state index contributed by atoms with van der Waals surface area (Å²) in [6, 6.07) is 5.83. The van der Waals surface area contributed by atoms with E-state index in [1.807, 2.05) is 18.2 Å². The molecule has 3 atom stereocenters. The minimum absolute atomic E-state index is 0.415. The Morgan fingerprint density at radius 2 is 1.92 bits per heavy atom. The van der Waals surface area contributed by atoms with Gasteiger partial charge in [-0.2, -0.15) is 13.2 Å². The Morgan fingerprint density at radius 1 is 1.19 bits per heavy atom. The summed E-state index contributed by atoms with van der Waals surface area (Å²) in [4.78, 5) is 4.67. The van der Waals surface area contributed by atoms with Crippen molar-refractivity contribution in [3.05, 3.63) is 24.4 Å². The van der Waals surface area contributed by atoms with Gasteiger partial charge in [-0.3, -0.25) is 4.90 Å². The first-order valence-electron chi connectivity index (χ1n) is 9.16. The number of rotatable bonds is 5. The molecule has 2 fully saturated rings. The van der Waals surface area contributed by atoms with E-state index in [-0.39, 0.29) is 0 Å². The average molecular weight is 367 g/mol. The van der Waals surface area contributed by atoms with E-state index in [4.69, 9.17) is 10.5 Å². The number of nitrogens with two attached hydrogens (primary N) is 1. The Bertz CT molecular complexity index is 759. The van der Waals surface area contributed by atoms with Gasteiger partial charge in [-0.25, -0.2) is 0 Å². The molecule has 3 N–H and O–H groups in total. The number of hydrogen-bond donors (Lipinski definition) is 2. The van der Waals surface area contributed by atoms with Crippen LogP contribution < -0.4 is 10.5 Å². The van der Waals surface area contributed by atoms with Gasteiger partial charge in [0.15, 0.2) is 0 Å². The number of benzene rings is 1. The molecule has 0 radical (unpaired) electrons. The van der Waals surface area contributed by atoms with Crippen molar-refractivity contribution in [1.82, 2.24) is 9.88 Å². The molecule has 1 aliphatic carbocycles. The number of nitrogens with zero attached hydrogens (tertiary/aromatic N) is 1. The zero-order valence-electron chi connectivity index (χ0n) is 14.6. The van der Waals surface area contributed by atoms with Gasteiger partial charge >= 0.3 is 6.18 Å². The van der Waals surface area contributed by atoms with E-state index in [1.165, 1.54) is 0 Å². The van der Waals surface area contributed by atoms with Gasteiger partial charge in [0, 0.05) is 30.2 Å². The Labute approximate surface area is 150 Å². The van der Waals surface area contributed by atoms with Crippen molar-refractivity contribution in [3.8, 4) is 5.75 Å². The maximum atomic E-state index is 12.5. The summed E-state index contributed by atoms with van der Waals surface area (Å²) < 4.78 is 43.4. The molecule has 1 aromatic heterocycles. The molecule has 0 bridgehead atoms. The van der Waals surface area contributed by atoms with Crippen LogP contribution in [0.4, 0.5) is 18.9 Å². The summed E-state index contributed by atoms with van der Waals surface area (Å²) in [6.07, 6.45) is 0.676. The molecule has 1 aromatic carbocycles. The van der Waals surface area contributed by atoms with Crippen LogP contribution >= 0.6 is 0 Å². The predicted molar refractivity (Wildman–Crippen MR) is 95.0 cm³/mol. The van der Waals surface area contributed by atoms with Crippen LogP contribution in [-0.4, -0.2) is 42.3 Å². The fraction of sp³-hybridized carbons (Fsp3) is 0.579. The minimum atomic E-state index is -4.09. The standard InChI is InChI=1S/C19H24F3N3O/c20-19(21,22)11-25-9-13-5-12(6-14(13)10-25)3-4-26-15-1-2-18-16(7-15)17(23)8-24-18/h1-2,7-8,12-14,24H,3-6,9-11,23H2/t12?,13-,14?/m0/s1. The van der Waals surface area contributed by atoms with Crippen LogP contribution in [0.25, 0.3) is 10.9 Å². The second-order valence-electron chi connectivity index (χ2n) is 7.76. The minimum Gasteiger partial charge on any atom is -0.494 e. The highest BCUT2D eigenvalue weighted by molar-refractivity contribution is 5.92. The van der Waals surface area contributed by atoms with Crippen molar-refractivity contribution in [1.29, 1.82) is 0 Å². The van der Waals surface area contributed by atoms with Crippen LogP contribution in [0.1, 0.15) is 19.3 Å². The van der Waals surface area contributed by atoms with Gasteiger partial charge in [-0.1, -0.05) is 0 Å². The monoisotopic (exact) mass is 367 g/mol. The lowest BCUT2D eigenvalue weighted by Gasteiger charge is -2.20. The number of H-pyrrole nitrogens is 1. The first-order valence-corrected chi connectivity index (χ1v) is 9.16. The quantitative estimate of drug-likeness (QED) is 0.839. The number of fused-ring (bicyclic) bond motifs is 2. The number of aromatic nitrogens is 1. The summed E-state index contributed by atoms with van der Waals surface area (Å²) in [5.74, 6) is 2.19. The first kappa shape index (κ1) is 17.5. The third kappa shape index (κ3) is 3.77. The highest BCUT2D eigenvalue weighted by Gasteiger charge is 2.43. The molecule has 1 saturated heterocycles. The summed E-state index contributed by atoms with van der Waals surface area (Å²) >= 11 is 0. The van der Waals surface area contributed by atoms with Crippen LogP contribution in [0.2, 0.25) is 0 Å². The SMILES string of the molecule is Nc1c[nH]c2ccc(OCCC3CC4CN(CC(F)(F)F)C[C@@H]4C3)cc12. The first-order chi connectivity index (χ1) is 12.4. The highest BCUT2D eigenvalue weighted by Crippen LogP contribution is 2.43. The molecule has 7 heteroatoms. The van der Waals surface area contributed by atoms with E-state index < -0.39 is 12.7 Å². The predicted octanol–water partition coefficient (Wildman–Crippen LogP) is 4.04. The molecule has 2 heterocycles. The average Bonchev–Trinajstić information content (AvgIpc) is 3.20. The lowest BCUT2D eigenvalue weighted by Crippen LogP contribution is -2.33. The van der Waals surface area contributed by atoms with Gasteiger partial charge in [0.25, 0.3) is 0 Å². The van der Waals surface area contributed by atoms with E-state index in [2.05, 4.69) is 4.98 Å². The summed E-state index contributed by atoms with van der Waals surface area (Å²) in [5.41, 5.74) is 7.61. The van der Waals surface area contributed by atoms with E-state index in [0.29, 0.717) is 43.1 Å². The van der Waals surface area contributed by atoms with Crippen LogP contribution in [0.3, 0.4) is 0 Å². The zero-order valence-corrected chi connectivity index (χ0v) is 14.6. The van der Waals surface area contributed by atoms with Crippen molar-refractivity contribution in [3.63, 3.8) is 0 Å². The van der Waals surface area contributed by atoms with E-state index in [1.54, 1.807) is 11.1 Å². The van der Waals surface area contributed by atoms with Crippen molar-refractivity contribution >= 4 is 16.6 Å². The molecule has 1 saturated carbocycles. The third-order valence-electron chi connectivity index (χ3n) is 5.81. The molecule has 1 aliphatic heterocycles. The Hall–Kier alpha value is -1.89. The van der Waals surface area contributed by atoms with Gasteiger partial charge in [-0.15, -0.1) is 0 Å². The molecule has 0 spiro atoms. The molecular weight excluding hydrogens is 343 g/mol. The number of hydrogen-bond acceptors (Lipinski definition) is 3. The van der Waals surface area contributed by atoms with Crippen LogP contribution in [-0.2, 0) is 0 Å². The molecule has 0 amide bonds. The molecule has 2 aromatic rings. The van der Waals surface area contributed by atoms with Crippen molar-refractivity contribution in [2.24, 2.45) is 17.8 Å². The number of likely N-dealkylation sites (tertiary alicyclic amines) is 1. The van der Waals surface area contributed by atoms with Gasteiger partial charge in [0.05, 0.1) is 18.8 Å². The van der Waals surface area contributed by atoms with Crippen molar-refractivity contribution in [2.75, 3.05) is 32.0 Å². The van der Waals surface area contributed by atoms with E-state index in [0.717, 1.165) is 35.9 Å². The normalized spacial score (nSPS) is 26.5. The number of ether oxygens (including phenoxy) is 1. The number of anilines is 1. The van der Waals surface area contributed by atoms with E-state index in [9.17, 15) is 13.2 Å². The Morgan fingerprint density at radius 3 is 2.62 bits per heavy atom. The third-order valence-corrected chi connectivity index (χ3v) is 5.81. The zero-order chi connectivity index (χ0) is 18.3. The summed E-state index contributed by atoms with van der Waals surface area (Å²) in [7, 11) is 0. The van der Waals surface area contributed by atoms with Gasteiger partial charge < -0.3 is 15.5 Å². The number of halogens is 3. The smallest absolute Gasteiger partial charge is 0.401 e. The van der Waals surface area contributed by atoms with Crippen LogP contribution in [0.5, 0.6) is 5.75 Å². The summed E-state index contributed by atoms with van der Waals surface area (Å²) in [6.45, 7) is 1.04. The molecule has 2 unspecified atom stereocenters. The Kier molecular flexibility index (Phi) is 4.50. The molecular formula is C19H24F3N3O. The second kappa shape index (κ2) is 6.68. The fourth-order valence-corrected chi connectivity index (χ4v) is 4.70. The molecule has 2 aliphatic rings. The van der Waals surface area contributed by atoms with Gasteiger partial charge in [0.1, 0.15) is 5.75 Å². The highest BCUT2D eigenvalue weighted by atomic mass is 19.4. The van der Waals surface area contributed by atoms with Crippen LogP contribution in [0.15, 0.2) is 24.4 Å². The van der Waals surface area contributed by atoms with E-state index >= 15 is 0 Å². The number of nitrogen functional groups attached to an aromatic ring is 1. The number of nitrogens with one attached hydrogen (secondary N) is 1. The topological polar surface area (TPSA) is 54.3 Å². The van der Waals surface area contributed by atoms with Gasteiger partial charge in [-0.05, 0) is 55.2 Å². The van der Waals surface area contributed by atoms with Gasteiger partial charge in [0.2, 0.25) is 0 Å². The molecule has 26 heavy (non-hydrogen) atoms. The van der Waals surface area contributed by atoms with Crippen LogP contribution in [0, 0.1) is 17.8 Å². The summed E-state index contributed by atoms with van der Waals surface area (Å²) in [5, 5.41) is 0.961.